The largest absolute Gasteiger partial charge is 0.459 e. The summed E-state index contributed by atoms with van der Waals surface area (Å²) in [6, 6.07) is 14.0. The minimum atomic E-state index is -0.404. The molecule has 0 bridgehead atoms. The third-order valence-electron chi connectivity index (χ3n) is 4.73. The number of amides is 2. The van der Waals surface area contributed by atoms with Gasteiger partial charge in [0.15, 0.2) is 5.76 Å². The number of hydrogen-bond acceptors (Lipinski definition) is 7. The number of rotatable bonds is 10. The van der Waals surface area contributed by atoms with E-state index < -0.39 is 5.91 Å². The molecule has 2 amide bonds. The molecule has 0 fully saturated rings. The van der Waals surface area contributed by atoms with Gasteiger partial charge in [-0.05, 0) is 48.6 Å². The summed E-state index contributed by atoms with van der Waals surface area (Å²) in [6.45, 7) is 0.531. The molecule has 32 heavy (non-hydrogen) atoms. The molecule has 0 spiro atoms. The van der Waals surface area contributed by atoms with Crippen LogP contribution in [0.15, 0.2) is 69.1 Å². The van der Waals surface area contributed by atoms with Crippen molar-refractivity contribution in [3.63, 3.8) is 0 Å². The van der Waals surface area contributed by atoms with Gasteiger partial charge in [0.2, 0.25) is 11.7 Å². The minimum Gasteiger partial charge on any atom is -0.459 e. The molecule has 3 aromatic heterocycles. The Morgan fingerprint density at radius 3 is 2.69 bits per heavy atom. The van der Waals surface area contributed by atoms with Crippen molar-refractivity contribution in [2.45, 2.75) is 25.7 Å². The summed E-state index contributed by atoms with van der Waals surface area (Å²) >= 11 is 1.58. The van der Waals surface area contributed by atoms with Crippen LogP contribution >= 0.6 is 11.3 Å². The number of nitrogens with zero attached hydrogens (tertiary/aromatic N) is 2. The summed E-state index contributed by atoms with van der Waals surface area (Å²) in [5.74, 6) is 0.791. The van der Waals surface area contributed by atoms with E-state index in [1.165, 1.54) is 6.26 Å². The van der Waals surface area contributed by atoms with Gasteiger partial charge in [-0.2, -0.15) is 4.98 Å². The Morgan fingerprint density at radius 1 is 0.969 bits per heavy atom. The second-order valence-corrected chi connectivity index (χ2v) is 7.98. The molecule has 4 rings (SSSR count). The van der Waals surface area contributed by atoms with Crippen molar-refractivity contribution in [3.05, 3.63) is 77.4 Å². The molecule has 9 heteroatoms. The average molecular weight is 451 g/mol. The lowest BCUT2D eigenvalue weighted by molar-refractivity contribution is 0.0953. The summed E-state index contributed by atoms with van der Waals surface area (Å²) in [4.78, 5) is 30.2. The van der Waals surface area contributed by atoms with Crippen LogP contribution < -0.4 is 10.6 Å². The molecule has 3 heterocycles. The van der Waals surface area contributed by atoms with E-state index >= 15 is 0 Å². The van der Waals surface area contributed by atoms with Crippen molar-refractivity contribution in [1.29, 1.82) is 0 Å². The summed E-state index contributed by atoms with van der Waals surface area (Å²) < 4.78 is 10.4. The van der Waals surface area contributed by atoms with Crippen LogP contribution in [0.2, 0.25) is 0 Å². The first-order valence-corrected chi connectivity index (χ1v) is 11.2. The van der Waals surface area contributed by atoms with Crippen LogP contribution in [-0.4, -0.2) is 28.5 Å². The highest BCUT2D eigenvalue weighted by Gasteiger charge is 2.15. The van der Waals surface area contributed by atoms with E-state index in [1.54, 1.807) is 47.7 Å². The lowest BCUT2D eigenvalue weighted by Gasteiger charge is -2.10. The number of hydrogen-bond donors (Lipinski definition) is 2. The lowest BCUT2D eigenvalue weighted by atomic mass is 10.1. The number of carbonyl (C=O) groups excluding carboxylic acids is 2. The molecule has 4 aromatic rings. The Hall–Kier alpha value is -3.72. The first-order valence-electron chi connectivity index (χ1n) is 10.3. The van der Waals surface area contributed by atoms with Crippen LogP contribution in [-0.2, 0) is 6.42 Å². The van der Waals surface area contributed by atoms with E-state index in [1.807, 2.05) is 17.5 Å². The lowest BCUT2D eigenvalue weighted by Crippen LogP contribution is -2.26. The summed E-state index contributed by atoms with van der Waals surface area (Å²) in [5.41, 5.74) is 0.837. The van der Waals surface area contributed by atoms with Crippen LogP contribution in [0.5, 0.6) is 0 Å². The van der Waals surface area contributed by atoms with Crippen LogP contribution in [0.25, 0.3) is 10.7 Å². The van der Waals surface area contributed by atoms with Gasteiger partial charge in [0.25, 0.3) is 11.8 Å². The number of para-hydroxylation sites is 1. The van der Waals surface area contributed by atoms with Crippen LogP contribution in [0.1, 0.15) is 46.1 Å². The van der Waals surface area contributed by atoms with Crippen molar-refractivity contribution >= 4 is 28.8 Å². The second kappa shape index (κ2) is 10.5. The maximum Gasteiger partial charge on any atom is 0.291 e. The molecular weight excluding hydrogens is 428 g/mol. The standard InChI is InChI=1S/C23H22N4O4S/c28-22(16-8-3-4-9-17(16)25-23(29)18-10-6-14-30-18)24-13-5-1-2-12-20-26-21(27-31-20)19-11-7-15-32-19/h3-4,6-11,14-15H,1-2,5,12-13H2,(H,24,28)(H,25,29). The Bertz CT molecular complexity index is 1150. The van der Waals surface area contributed by atoms with Gasteiger partial charge in [-0.25, -0.2) is 0 Å². The maximum atomic E-state index is 12.6. The number of carbonyl (C=O) groups is 2. The van der Waals surface area contributed by atoms with Crippen molar-refractivity contribution in [2.24, 2.45) is 0 Å². The highest BCUT2D eigenvalue weighted by molar-refractivity contribution is 7.13. The number of furan rings is 1. The van der Waals surface area contributed by atoms with E-state index in [-0.39, 0.29) is 11.7 Å². The fourth-order valence-corrected chi connectivity index (χ4v) is 3.77. The smallest absolute Gasteiger partial charge is 0.291 e. The molecule has 0 radical (unpaired) electrons. The molecule has 2 N–H and O–H groups in total. The number of benzene rings is 1. The SMILES string of the molecule is O=C(Nc1ccccc1C(=O)NCCCCCc1nc(-c2cccs2)no1)c1ccco1. The normalized spacial score (nSPS) is 10.8. The Balaban J connectivity index is 1.20. The van der Waals surface area contributed by atoms with Crippen molar-refractivity contribution in [3.8, 4) is 10.7 Å². The van der Waals surface area contributed by atoms with E-state index in [0.29, 0.717) is 35.9 Å². The zero-order valence-electron chi connectivity index (χ0n) is 17.2. The van der Waals surface area contributed by atoms with Crippen molar-refractivity contribution in [2.75, 3.05) is 11.9 Å². The van der Waals surface area contributed by atoms with Gasteiger partial charge in [-0.1, -0.05) is 29.8 Å². The number of unbranched alkanes of at least 4 members (excludes halogenated alkanes) is 2. The molecule has 0 saturated heterocycles. The second-order valence-electron chi connectivity index (χ2n) is 7.03. The fourth-order valence-electron chi connectivity index (χ4n) is 3.12. The van der Waals surface area contributed by atoms with E-state index in [4.69, 9.17) is 8.94 Å². The third kappa shape index (κ3) is 5.50. The Kier molecular flexibility index (Phi) is 7.08. The quantitative estimate of drug-likeness (QED) is 0.336. The fraction of sp³-hybridized carbons (Fsp3) is 0.217. The van der Waals surface area contributed by atoms with Crippen molar-refractivity contribution in [1.82, 2.24) is 15.5 Å². The highest BCUT2D eigenvalue weighted by atomic mass is 32.1. The first kappa shape index (κ1) is 21.5. The number of anilines is 1. The molecule has 1 aromatic carbocycles. The predicted octanol–water partition coefficient (Wildman–Crippen LogP) is 4.79. The van der Waals surface area contributed by atoms with Gasteiger partial charge in [-0.3, -0.25) is 9.59 Å². The molecule has 164 valence electrons. The summed E-state index contributed by atoms with van der Waals surface area (Å²) in [6.07, 6.45) is 4.74. The van der Waals surface area contributed by atoms with Gasteiger partial charge in [0.1, 0.15) is 0 Å². The summed E-state index contributed by atoms with van der Waals surface area (Å²) in [7, 11) is 0. The van der Waals surface area contributed by atoms with Gasteiger partial charge >= 0.3 is 0 Å². The number of aromatic nitrogens is 2. The van der Waals surface area contributed by atoms with Gasteiger partial charge < -0.3 is 19.6 Å². The van der Waals surface area contributed by atoms with Crippen LogP contribution in [0, 0.1) is 0 Å². The molecule has 0 unspecified atom stereocenters. The third-order valence-corrected chi connectivity index (χ3v) is 5.59. The zero-order valence-corrected chi connectivity index (χ0v) is 18.1. The minimum absolute atomic E-state index is 0.184. The molecule has 0 aliphatic heterocycles. The number of nitrogens with one attached hydrogen (secondary N) is 2. The van der Waals surface area contributed by atoms with Crippen LogP contribution in [0.4, 0.5) is 5.69 Å². The molecule has 0 aliphatic rings. The first-order chi connectivity index (χ1) is 15.7. The van der Waals surface area contributed by atoms with E-state index in [0.717, 1.165) is 24.1 Å². The molecule has 0 aliphatic carbocycles. The predicted molar refractivity (Wildman–Crippen MR) is 121 cm³/mol. The molecule has 8 nitrogen and oxygen atoms in total. The highest BCUT2D eigenvalue weighted by Crippen LogP contribution is 2.21. The van der Waals surface area contributed by atoms with Gasteiger partial charge in [0.05, 0.1) is 22.4 Å². The van der Waals surface area contributed by atoms with Gasteiger partial charge in [-0.15, -0.1) is 11.3 Å². The van der Waals surface area contributed by atoms with Crippen LogP contribution in [0.3, 0.4) is 0 Å². The molecular formula is C23H22N4O4S. The van der Waals surface area contributed by atoms with Gasteiger partial charge in [0, 0.05) is 13.0 Å². The van der Waals surface area contributed by atoms with E-state index in [9.17, 15) is 9.59 Å². The monoisotopic (exact) mass is 450 g/mol. The van der Waals surface area contributed by atoms with E-state index in [2.05, 4.69) is 20.8 Å². The molecule has 0 saturated carbocycles. The molecule has 0 atom stereocenters. The number of thiophene rings is 1. The topological polar surface area (TPSA) is 110 Å². The summed E-state index contributed by atoms with van der Waals surface area (Å²) in [5, 5.41) is 11.6. The Morgan fingerprint density at radius 2 is 1.88 bits per heavy atom. The number of aryl methyl sites for hydroxylation is 1. The maximum absolute atomic E-state index is 12.6. The zero-order chi connectivity index (χ0) is 22.2. The van der Waals surface area contributed by atoms with Crippen molar-refractivity contribution < 1.29 is 18.5 Å². The average Bonchev–Trinajstić information content (AvgIpc) is 3.58. The Labute approximate surface area is 188 Å².